The highest BCUT2D eigenvalue weighted by atomic mass is 79.9. The van der Waals surface area contributed by atoms with E-state index in [0.29, 0.717) is 16.4 Å². The quantitative estimate of drug-likeness (QED) is 0.565. The third-order valence-corrected chi connectivity index (χ3v) is 4.48. The third kappa shape index (κ3) is 4.58. The van der Waals surface area contributed by atoms with Gasteiger partial charge in [0.25, 0.3) is 0 Å². The molecule has 0 fully saturated rings. The average molecular weight is 421 g/mol. The Morgan fingerprint density at radius 2 is 2.00 bits per heavy atom. The number of hydrogen-bond donors (Lipinski definition) is 1. The lowest BCUT2D eigenvalue weighted by Crippen LogP contribution is -2.07. The molecule has 2 aromatic carbocycles. The molecular weight excluding hydrogens is 410 g/mol. The lowest BCUT2D eigenvalue weighted by atomic mass is 10.2. The van der Waals surface area contributed by atoms with Crippen LogP contribution in [0.25, 0.3) is 17.3 Å². The van der Waals surface area contributed by atoms with E-state index in [4.69, 9.17) is 0 Å². The van der Waals surface area contributed by atoms with E-state index in [0.717, 1.165) is 22.2 Å². The van der Waals surface area contributed by atoms with Crippen LogP contribution in [0.15, 0.2) is 58.4 Å². The molecule has 0 atom stereocenters. The molecule has 0 saturated heterocycles. The maximum atomic E-state index is 13.3. The van der Waals surface area contributed by atoms with E-state index in [-0.39, 0.29) is 5.91 Å². The summed E-state index contributed by atoms with van der Waals surface area (Å²) in [5.41, 5.74) is 1.79. The van der Waals surface area contributed by atoms with E-state index in [9.17, 15) is 13.6 Å². The summed E-state index contributed by atoms with van der Waals surface area (Å²) in [4.78, 5) is 16.2. The standard InChI is InChI=1S/C18H11BrF2N2OS/c19-13-3-1-2-11(8-13)4-7-17(24)23-18-22-16(10-25-18)12-5-6-14(20)15(21)9-12/h1-10H,(H,22,23,24). The topological polar surface area (TPSA) is 42.0 Å². The summed E-state index contributed by atoms with van der Waals surface area (Å²) in [6.07, 6.45) is 3.09. The van der Waals surface area contributed by atoms with Crippen molar-refractivity contribution in [2.45, 2.75) is 0 Å². The van der Waals surface area contributed by atoms with Gasteiger partial charge >= 0.3 is 0 Å². The summed E-state index contributed by atoms with van der Waals surface area (Å²) in [7, 11) is 0. The number of anilines is 1. The first kappa shape index (κ1) is 17.4. The van der Waals surface area contributed by atoms with Crippen LogP contribution in [0.2, 0.25) is 0 Å². The van der Waals surface area contributed by atoms with Gasteiger partial charge in [-0.1, -0.05) is 28.1 Å². The molecular formula is C18H11BrF2N2OS. The number of nitrogens with zero attached hydrogens (tertiary/aromatic N) is 1. The number of aromatic nitrogens is 1. The van der Waals surface area contributed by atoms with Crippen molar-refractivity contribution < 1.29 is 13.6 Å². The Morgan fingerprint density at radius 3 is 2.76 bits per heavy atom. The molecule has 7 heteroatoms. The fourth-order valence-corrected chi connectivity index (χ4v) is 3.19. The van der Waals surface area contributed by atoms with Crippen LogP contribution in [0, 0.1) is 11.6 Å². The van der Waals surface area contributed by atoms with Gasteiger partial charge in [-0.2, -0.15) is 0 Å². The maximum absolute atomic E-state index is 13.3. The Labute approximate surface area is 155 Å². The van der Waals surface area contributed by atoms with Crippen molar-refractivity contribution in [3.05, 3.63) is 75.6 Å². The van der Waals surface area contributed by atoms with Gasteiger partial charge in [-0.25, -0.2) is 13.8 Å². The van der Waals surface area contributed by atoms with Crippen molar-refractivity contribution in [2.75, 3.05) is 5.32 Å². The highest BCUT2D eigenvalue weighted by Crippen LogP contribution is 2.26. The lowest BCUT2D eigenvalue weighted by Gasteiger charge is -1.99. The van der Waals surface area contributed by atoms with Crippen molar-refractivity contribution >= 4 is 44.4 Å². The second kappa shape index (κ2) is 7.67. The Balaban J connectivity index is 1.68. The highest BCUT2D eigenvalue weighted by molar-refractivity contribution is 9.10. The maximum Gasteiger partial charge on any atom is 0.250 e. The summed E-state index contributed by atoms with van der Waals surface area (Å²) in [6, 6.07) is 11.1. The predicted molar refractivity (Wildman–Crippen MR) is 99.3 cm³/mol. The van der Waals surface area contributed by atoms with Gasteiger partial charge < -0.3 is 0 Å². The summed E-state index contributed by atoms with van der Waals surface area (Å²) in [5.74, 6) is -2.18. The molecule has 0 saturated carbocycles. The summed E-state index contributed by atoms with van der Waals surface area (Å²) < 4.78 is 27.2. The SMILES string of the molecule is O=C(C=Cc1cccc(Br)c1)Nc1nc(-c2ccc(F)c(F)c2)cs1. The van der Waals surface area contributed by atoms with Crippen LogP contribution in [-0.4, -0.2) is 10.9 Å². The minimum absolute atomic E-state index is 0.328. The largest absolute Gasteiger partial charge is 0.298 e. The number of halogens is 3. The average Bonchev–Trinajstić information content (AvgIpc) is 3.04. The van der Waals surface area contributed by atoms with Crippen LogP contribution in [0.5, 0.6) is 0 Å². The molecule has 0 radical (unpaired) electrons. The Hall–Kier alpha value is -2.38. The summed E-state index contributed by atoms with van der Waals surface area (Å²) >= 11 is 4.57. The smallest absolute Gasteiger partial charge is 0.250 e. The molecule has 1 heterocycles. The molecule has 3 aromatic rings. The predicted octanol–water partition coefficient (Wildman–Crippen LogP) is 5.50. The van der Waals surface area contributed by atoms with Gasteiger partial charge in [-0.05, 0) is 42.0 Å². The van der Waals surface area contributed by atoms with E-state index >= 15 is 0 Å². The van der Waals surface area contributed by atoms with E-state index in [2.05, 4.69) is 26.2 Å². The van der Waals surface area contributed by atoms with Gasteiger partial charge in [0.2, 0.25) is 5.91 Å². The van der Waals surface area contributed by atoms with Gasteiger partial charge in [0, 0.05) is 21.5 Å². The van der Waals surface area contributed by atoms with Crippen LogP contribution in [0.1, 0.15) is 5.56 Å². The number of thiazole rings is 1. The van der Waals surface area contributed by atoms with E-state index in [1.807, 2.05) is 24.3 Å². The molecule has 1 N–H and O–H groups in total. The number of nitrogens with one attached hydrogen (secondary N) is 1. The molecule has 0 aliphatic rings. The molecule has 0 aliphatic heterocycles. The molecule has 0 spiro atoms. The van der Waals surface area contributed by atoms with Crippen molar-refractivity contribution in [3.63, 3.8) is 0 Å². The number of rotatable bonds is 4. The first-order chi connectivity index (χ1) is 12.0. The van der Waals surface area contributed by atoms with Crippen LogP contribution in [-0.2, 0) is 4.79 Å². The van der Waals surface area contributed by atoms with Gasteiger partial charge in [0.15, 0.2) is 16.8 Å². The normalized spacial score (nSPS) is 11.0. The van der Waals surface area contributed by atoms with Crippen LogP contribution < -0.4 is 5.32 Å². The summed E-state index contributed by atoms with van der Waals surface area (Å²) in [6.45, 7) is 0. The number of amides is 1. The zero-order valence-corrected chi connectivity index (χ0v) is 15.1. The van der Waals surface area contributed by atoms with Crippen LogP contribution in [0.4, 0.5) is 13.9 Å². The van der Waals surface area contributed by atoms with E-state index in [1.54, 1.807) is 11.5 Å². The first-order valence-electron chi connectivity index (χ1n) is 7.17. The van der Waals surface area contributed by atoms with Crippen LogP contribution >= 0.6 is 27.3 Å². The molecule has 0 unspecified atom stereocenters. The molecule has 0 aliphatic carbocycles. The van der Waals surface area contributed by atoms with Gasteiger partial charge in [0.1, 0.15) is 0 Å². The number of carbonyl (C=O) groups is 1. The van der Waals surface area contributed by atoms with Gasteiger partial charge in [-0.15, -0.1) is 11.3 Å². The molecule has 3 rings (SSSR count). The zero-order valence-electron chi connectivity index (χ0n) is 12.7. The monoisotopic (exact) mass is 420 g/mol. The fraction of sp³-hybridized carbons (Fsp3) is 0. The van der Waals surface area contributed by atoms with Crippen molar-refractivity contribution in [1.29, 1.82) is 0 Å². The zero-order chi connectivity index (χ0) is 17.8. The Kier molecular flexibility index (Phi) is 5.35. The number of hydrogen-bond acceptors (Lipinski definition) is 3. The molecule has 3 nitrogen and oxygen atoms in total. The fourth-order valence-electron chi connectivity index (χ4n) is 2.05. The van der Waals surface area contributed by atoms with E-state index in [1.165, 1.54) is 23.5 Å². The minimum Gasteiger partial charge on any atom is -0.298 e. The highest BCUT2D eigenvalue weighted by Gasteiger charge is 2.09. The van der Waals surface area contributed by atoms with Crippen molar-refractivity contribution in [3.8, 4) is 11.3 Å². The number of benzene rings is 2. The second-order valence-electron chi connectivity index (χ2n) is 5.04. The van der Waals surface area contributed by atoms with Gasteiger partial charge in [0.05, 0.1) is 5.69 Å². The van der Waals surface area contributed by atoms with E-state index < -0.39 is 11.6 Å². The molecule has 1 amide bonds. The summed E-state index contributed by atoms with van der Waals surface area (Å²) in [5, 5.41) is 4.69. The number of carbonyl (C=O) groups excluding carboxylic acids is 1. The first-order valence-corrected chi connectivity index (χ1v) is 8.84. The molecule has 1 aromatic heterocycles. The minimum atomic E-state index is -0.937. The Bertz CT molecular complexity index is 956. The van der Waals surface area contributed by atoms with Crippen molar-refractivity contribution in [2.24, 2.45) is 0 Å². The Morgan fingerprint density at radius 1 is 1.16 bits per heavy atom. The molecule has 25 heavy (non-hydrogen) atoms. The lowest BCUT2D eigenvalue weighted by molar-refractivity contribution is -0.111. The third-order valence-electron chi connectivity index (χ3n) is 3.23. The van der Waals surface area contributed by atoms with Crippen molar-refractivity contribution in [1.82, 2.24) is 4.98 Å². The molecule has 0 bridgehead atoms. The molecule has 126 valence electrons. The van der Waals surface area contributed by atoms with Gasteiger partial charge in [-0.3, -0.25) is 10.1 Å². The second-order valence-corrected chi connectivity index (χ2v) is 6.82. The van der Waals surface area contributed by atoms with Crippen LogP contribution in [0.3, 0.4) is 0 Å².